The average molecular weight is 831 g/mol. The molecule has 10 heteroatoms. The average Bonchev–Trinajstić information content (AvgIpc) is 3.55. The van der Waals surface area contributed by atoms with E-state index in [9.17, 15) is 9.59 Å². The van der Waals surface area contributed by atoms with E-state index in [0.717, 1.165) is 46.0 Å². The Balaban J connectivity index is 1.45. The molecule has 0 amide bonds. The first kappa shape index (κ1) is 44.9. The zero-order valence-electron chi connectivity index (χ0n) is 34.7. The van der Waals surface area contributed by atoms with E-state index in [1.807, 2.05) is 42.5 Å². The number of allylic oxidation sites excluding steroid dienone is 1. The summed E-state index contributed by atoms with van der Waals surface area (Å²) in [5.74, 6) is -0.281. The first-order valence-corrected chi connectivity index (χ1v) is 24.3. The molecule has 2 aliphatic rings. The predicted molar refractivity (Wildman–Crippen MR) is 237 cm³/mol. The minimum Gasteiger partial charge on any atom is -0.497 e. The number of esters is 1. The maximum atomic E-state index is 15.5. The molecule has 3 aromatic rings. The monoisotopic (exact) mass is 830 g/mol. The minimum atomic E-state index is -2.98. The zero-order chi connectivity index (χ0) is 41.1. The lowest BCUT2D eigenvalue weighted by Gasteiger charge is -2.45. The van der Waals surface area contributed by atoms with Crippen molar-refractivity contribution in [3.05, 3.63) is 103 Å². The van der Waals surface area contributed by atoms with Crippen LogP contribution in [0, 0.1) is 29.6 Å². The van der Waals surface area contributed by atoms with Crippen LogP contribution in [0.15, 0.2) is 97.6 Å². The molecule has 3 aromatic carbocycles. The van der Waals surface area contributed by atoms with E-state index in [2.05, 4.69) is 82.8 Å². The molecule has 1 saturated heterocycles. The van der Waals surface area contributed by atoms with Crippen LogP contribution in [0.25, 0.3) is 0 Å². The Bertz CT molecular complexity index is 1720. The number of carbonyl (C=O) groups excluding carboxylic acids is 3. The Morgan fingerprint density at radius 1 is 0.930 bits per heavy atom. The molecule has 0 unspecified atom stereocenters. The quantitative estimate of drug-likeness (QED) is 0.0364. The number of hydrogen-bond donors (Lipinski definition) is 0. The fraction of sp³-hybridized carbons (Fsp3) is 0.511. The Morgan fingerprint density at radius 3 is 2.09 bits per heavy atom. The molecule has 1 aliphatic heterocycles. The van der Waals surface area contributed by atoms with Gasteiger partial charge < -0.3 is 18.6 Å². The molecule has 0 bridgehead atoms. The highest BCUT2D eigenvalue weighted by Crippen LogP contribution is 2.53. The molecule has 2 fully saturated rings. The maximum Gasteiger partial charge on any atom is 0.316 e. The number of thioether (sulfide) groups is 2. The number of ketones is 2. The highest BCUT2D eigenvalue weighted by Gasteiger charge is 2.57. The standard InChI is InChI=1S/C47H62O7S2Si/c1-8-9-21-40(44(49)47(55-28-16-29-56-47)31-34(2)26-27-53-32-35-22-24-37(51-6)25-23-35)42-36(30-41(48)43(42)45(50)52-7)33-54-57(46(3,4)5,38-17-12-10-13-18-38)39-19-14-11-15-20-39/h8,10-15,17-20,22-25,34,36,40,42-43H,1,9,16,21,26-33H2,2-7H3/t34-,36-,40+,42+,43-/m1/s1. The van der Waals surface area contributed by atoms with Crippen LogP contribution >= 0.6 is 23.5 Å². The molecular weight excluding hydrogens is 769 g/mol. The van der Waals surface area contributed by atoms with E-state index in [-0.39, 0.29) is 41.5 Å². The van der Waals surface area contributed by atoms with Crippen molar-refractivity contribution < 1.29 is 33.0 Å². The number of ether oxygens (including phenoxy) is 3. The second-order valence-electron chi connectivity index (χ2n) is 16.6. The Hall–Kier alpha value is -3.15. The van der Waals surface area contributed by atoms with E-state index in [0.29, 0.717) is 32.5 Å². The first-order chi connectivity index (χ1) is 27.4. The molecule has 0 aromatic heterocycles. The second-order valence-corrected chi connectivity index (χ2v) is 24.0. The van der Waals surface area contributed by atoms with Gasteiger partial charge in [0.1, 0.15) is 21.5 Å². The Labute approximate surface area is 350 Å². The normalized spacial score (nSPS) is 20.7. The van der Waals surface area contributed by atoms with Gasteiger partial charge in [-0.25, -0.2) is 0 Å². The second kappa shape index (κ2) is 20.7. The molecule has 57 heavy (non-hydrogen) atoms. The lowest BCUT2D eigenvalue weighted by Crippen LogP contribution is -2.67. The maximum absolute atomic E-state index is 15.5. The van der Waals surface area contributed by atoms with Crippen LogP contribution in [-0.2, 0) is 34.9 Å². The van der Waals surface area contributed by atoms with Crippen molar-refractivity contribution in [1.29, 1.82) is 0 Å². The Morgan fingerprint density at radius 2 is 1.54 bits per heavy atom. The van der Waals surface area contributed by atoms with E-state index in [1.165, 1.54) is 7.11 Å². The summed E-state index contributed by atoms with van der Waals surface area (Å²) in [5, 5.41) is 2.01. The fourth-order valence-electron chi connectivity index (χ4n) is 8.92. The van der Waals surface area contributed by atoms with Crippen molar-refractivity contribution in [2.24, 2.45) is 29.6 Å². The van der Waals surface area contributed by atoms with E-state index in [4.69, 9.17) is 18.6 Å². The fourth-order valence-corrected chi connectivity index (χ4v) is 17.2. The third-order valence-electron chi connectivity index (χ3n) is 11.7. The third-order valence-corrected chi connectivity index (χ3v) is 20.1. The van der Waals surface area contributed by atoms with Gasteiger partial charge in [0.05, 0.1) is 20.8 Å². The molecule has 0 spiro atoms. The van der Waals surface area contributed by atoms with Gasteiger partial charge in [-0.15, -0.1) is 30.1 Å². The van der Waals surface area contributed by atoms with Gasteiger partial charge in [0, 0.05) is 25.6 Å². The van der Waals surface area contributed by atoms with Gasteiger partial charge in [-0.1, -0.05) is 107 Å². The van der Waals surface area contributed by atoms with Crippen LogP contribution in [0.1, 0.15) is 71.8 Å². The van der Waals surface area contributed by atoms with Crippen molar-refractivity contribution in [2.75, 3.05) is 38.9 Å². The molecule has 7 nitrogen and oxygen atoms in total. The Kier molecular flexibility index (Phi) is 16.3. The number of methoxy groups -OCH3 is 2. The van der Waals surface area contributed by atoms with E-state index >= 15 is 4.79 Å². The molecular formula is C47H62O7S2Si. The van der Waals surface area contributed by atoms with Gasteiger partial charge in [-0.3, -0.25) is 14.4 Å². The van der Waals surface area contributed by atoms with Crippen molar-refractivity contribution in [3.63, 3.8) is 0 Å². The minimum absolute atomic E-state index is 0.133. The number of hydrogen-bond acceptors (Lipinski definition) is 9. The molecule has 5 rings (SSSR count). The van der Waals surface area contributed by atoms with Crippen LogP contribution in [0.2, 0.25) is 5.04 Å². The number of carbonyl (C=O) groups is 3. The highest BCUT2D eigenvalue weighted by molar-refractivity contribution is 8.19. The van der Waals surface area contributed by atoms with Crippen LogP contribution < -0.4 is 15.1 Å². The number of rotatable bonds is 20. The lowest BCUT2D eigenvalue weighted by atomic mass is 9.73. The van der Waals surface area contributed by atoms with Crippen molar-refractivity contribution in [2.45, 2.75) is 81.9 Å². The van der Waals surface area contributed by atoms with Gasteiger partial charge in [0.25, 0.3) is 8.32 Å². The third kappa shape index (κ3) is 10.5. The van der Waals surface area contributed by atoms with Gasteiger partial charge in [0.15, 0.2) is 5.78 Å². The summed E-state index contributed by atoms with van der Waals surface area (Å²) < 4.78 is 23.4. The van der Waals surface area contributed by atoms with Gasteiger partial charge in [-0.05, 0) is 94.5 Å². The van der Waals surface area contributed by atoms with Gasteiger partial charge in [-0.2, -0.15) is 0 Å². The smallest absolute Gasteiger partial charge is 0.316 e. The van der Waals surface area contributed by atoms with E-state index in [1.54, 1.807) is 30.6 Å². The van der Waals surface area contributed by atoms with Crippen LogP contribution in [0.4, 0.5) is 0 Å². The van der Waals surface area contributed by atoms with E-state index < -0.39 is 36.1 Å². The molecule has 1 heterocycles. The van der Waals surface area contributed by atoms with Crippen molar-refractivity contribution >= 4 is 59.8 Å². The number of Topliss-reactive ketones (excluding diaryl/α,β-unsaturated/α-hetero) is 2. The first-order valence-electron chi connectivity index (χ1n) is 20.4. The molecule has 1 saturated carbocycles. The SMILES string of the molecule is C=CCC[C@H](C(=O)C1(C[C@H](C)CCOCc2ccc(OC)cc2)SCCCS1)[C@@H]1[C@@H](CO[Si](c2ccccc2)(c2ccccc2)C(C)(C)C)CC(=O)[C@H]1C(=O)OC. The summed E-state index contributed by atoms with van der Waals surface area (Å²) in [4.78, 5) is 43.2. The highest BCUT2D eigenvalue weighted by atomic mass is 32.2. The zero-order valence-corrected chi connectivity index (χ0v) is 37.3. The van der Waals surface area contributed by atoms with Crippen LogP contribution in [-0.4, -0.2) is 68.9 Å². The van der Waals surface area contributed by atoms with Crippen LogP contribution in [0.3, 0.4) is 0 Å². The van der Waals surface area contributed by atoms with Gasteiger partial charge in [0.2, 0.25) is 0 Å². The summed E-state index contributed by atoms with van der Waals surface area (Å²) in [6, 6.07) is 28.8. The molecule has 308 valence electrons. The molecule has 0 radical (unpaired) electrons. The summed E-state index contributed by atoms with van der Waals surface area (Å²) in [5.41, 5.74) is 1.08. The number of benzene rings is 3. The summed E-state index contributed by atoms with van der Waals surface area (Å²) in [6.45, 7) is 14.3. The topological polar surface area (TPSA) is 88.1 Å². The van der Waals surface area contributed by atoms with Crippen molar-refractivity contribution in [3.8, 4) is 5.75 Å². The lowest BCUT2D eigenvalue weighted by molar-refractivity contribution is -0.151. The molecule has 0 N–H and O–H groups in total. The summed E-state index contributed by atoms with van der Waals surface area (Å²) >= 11 is 3.50. The molecule has 1 aliphatic carbocycles. The summed E-state index contributed by atoms with van der Waals surface area (Å²) in [7, 11) is 0.0176. The largest absolute Gasteiger partial charge is 0.497 e. The van der Waals surface area contributed by atoms with Crippen LogP contribution in [0.5, 0.6) is 5.75 Å². The predicted octanol–water partition coefficient (Wildman–Crippen LogP) is 8.92. The van der Waals surface area contributed by atoms with Gasteiger partial charge >= 0.3 is 5.97 Å². The summed E-state index contributed by atoms with van der Waals surface area (Å²) in [6.07, 6.45) is 5.63. The van der Waals surface area contributed by atoms with Crippen molar-refractivity contribution in [1.82, 2.24) is 0 Å². The molecule has 5 atom stereocenters.